The van der Waals surface area contributed by atoms with Crippen LogP contribution in [0.4, 0.5) is 0 Å². The highest BCUT2D eigenvalue weighted by Gasteiger charge is 2.12. The first-order valence-corrected chi connectivity index (χ1v) is 14.0. The lowest BCUT2D eigenvalue weighted by atomic mass is 10.1. The van der Waals surface area contributed by atoms with Crippen LogP contribution in [0.25, 0.3) is 0 Å². The van der Waals surface area contributed by atoms with Gasteiger partial charge in [0.1, 0.15) is 23.0 Å². The highest BCUT2D eigenvalue weighted by Crippen LogP contribution is 2.42. The third kappa shape index (κ3) is 7.00. The minimum atomic E-state index is 0.286. The van der Waals surface area contributed by atoms with E-state index in [1.54, 1.807) is 11.8 Å². The predicted octanol–water partition coefficient (Wildman–Crippen LogP) is 8.97. The summed E-state index contributed by atoms with van der Waals surface area (Å²) >= 11 is 3.04. The molecule has 0 unspecified atom stereocenters. The van der Waals surface area contributed by atoms with E-state index in [1.165, 1.54) is 11.8 Å². The summed E-state index contributed by atoms with van der Waals surface area (Å²) in [5, 5.41) is 39.8. The van der Waals surface area contributed by atoms with Gasteiger partial charge >= 0.3 is 0 Å². The largest absolute Gasteiger partial charge is 0.507 e. The van der Waals surface area contributed by atoms with Crippen molar-refractivity contribution in [1.82, 2.24) is 0 Å². The highest BCUT2D eigenvalue weighted by atomic mass is 32.2. The zero-order valence-electron chi connectivity index (χ0n) is 23.2. The fourth-order valence-electron chi connectivity index (χ4n) is 4.20. The topological polar surface area (TPSA) is 80.9 Å². The van der Waals surface area contributed by atoms with E-state index in [-0.39, 0.29) is 11.5 Å². The lowest BCUT2D eigenvalue weighted by molar-refractivity contribution is 0.455. The molecule has 0 saturated heterocycles. The predicted molar refractivity (Wildman–Crippen MR) is 159 cm³/mol. The standard InChI is InChI=1S/2C16H18O2S/c1-9-5-13(6-10(2)15(9)17)19-14-7-11(3)16(18)12(4)8-14;1-9-5-11(3)15(17)13(7-9)19-14-8-10(2)6-12(4)16(14)18/h2*5-8,17-18H,1-4H3. The minimum absolute atomic E-state index is 0.286. The van der Waals surface area contributed by atoms with E-state index in [2.05, 4.69) is 0 Å². The van der Waals surface area contributed by atoms with Gasteiger partial charge in [-0.2, -0.15) is 0 Å². The van der Waals surface area contributed by atoms with Crippen LogP contribution in [0.3, 0.4) is 0 Å². The average molecular weight is 549 g/mol. The van der Waals surface area contributed by atoms with E-state index in [9.17, 15) is 20.4 Å². The molecule has 0 aromatic heterocycles. The third-order valence-electron chi connectivity index (χ3n) is 6.20. The Hall–Kier alpha value is -3.22. The van der Waals surface area contributed by atoms with Crippen LogP contribution in [0, 0.1) is 55.4 Å². The van der Waals surface area contributed by atoms with Crippen molar-refractivity contribution in [1.29, 1.82) is 0 Å². The number of benzene rings is 4. The monoisotopic (exact) mass is 548 g/mol. The molecule has 6 heteroatoms. The van der Waals surface area contributed by atoms with E-state index in [1.807, 2.05) is 104 Å². The molecule has 0 spiro atoms. The van der Waals surface area contributed by atoms with E-state index in [0.29, 0.717) is 11.5 Å². The SMILES string of the molecule is Cc1cc(C)c(O)c(Sc2cc(C)cc(C)c2O)c1.Cc1cc(Sc2cc(C)c(O)c(C)c2)cc(C)c1O. The second-order valence-electron chi connectivity index (χ2n) is 9.87. The molecule has 0 saturated carbocycles. The van der Waals surface area contributed by atoms with Crippen molar-refractivity contribution in [3.63, 3.8) is 0 Å². The van der Waals surface area contributed by atoms with Crippen LogP contribution in [0.5, 0.6) is 23.0 Å². The Morgan fingerprint density at radius 1 is 0.368 bits per heavy atom. The highest BCUT2D eigenvalue weighted by molar-refractivity contribution is 7.99. The molecule has 0 aliphatic rings. The summed E-state index contributed by atoms with van der Waals surface area (Å²) in [5.74, 6) is 1.30. The molecule has 4 aromatic rings. The first-order chi connectivity index (χ1) is 17.8. The summed E-state index contributed by atoms with van der Waals surface area (Å²) in [5.41, 5.74) is 7.44. The zero-order valence-corrected chi connectivity index (χ0v) is 24.9. The third-order valence-corrected chi connectivity index (χ3v) is 8.21. The van der Waals surface area contributed by atoms with Crippen molar-refractivity contribution in [2.45, 2.75) is 75.0 Å². The molecule has 4 rings (SSSR count). The molecule has 0 heterocycles. The lowest BCUT2D eigenvalue weighted by Crippen LogP contribution is -1.86. The summed E-state index contributed by atoms with van der Waals surface area (Å²) in [7, 11) is 0. The van der Waals surface area contributed by atoms with Crippen LogP contribution >= 0.6 is 23.5 Å². The molecule has 0 bridgehead atoms. The number of hydrogen-bond donors (Lipinski definition) is 4. The average Bonchev–Trinajstić information content (AvgIpc) is 2.82. The van der Waals surface area contributed by atoms with Gasteiger partial charge in [0.2, 0.25) is 0 Å². The zero-order chi connectivity index (χ0) is 28.3. The molecule has 0 atom stereocenters. The summed E-state index contributed by atoms with van der Waals surface area (Å²) in [6, 6.07) is 15.7. The van der Waals surface area contributed by atoms with E-state index in [0.717, 1.165) is 64.1 Å². The molecular formula is C32H36O4S2. The van der Waals surface area contributed by atoms with Gasteiger partial charge in [0, 0.05) is 9.79 Å². The van der Waals surface area contributed by atoms with Crippen LogP contribution in [0.2, 0.25) is 0 Å². The maximum atomic E-state index is 10.1. The fraction of sp³-hybridized carbons (Fsp3) is 0.250. The Balaban J connectivity index is 0.000000211. The summed E-state index contributed by atoms with van der Waals surface area (Å²) in [6.07, 6.45) is 0. The summed E-state index contributed by atoms with van der Waals surface area (Å²) in [4.78, 5) is 3.74. The number of phenolic OH excluding ortho intramolecular Hbond substituents is 4. The van der Waals surface area contributed by atoms with Gasteiger partial charge in [-0.05, 0) is 136 Å². The van der Waals surface area contributed by atoms with Crippen LogP contribution in [-0.4, -0.2) is 20.4 Å². The van der Waals surface area contributed by atoms with Crippen molar-refractivity contribution in [2.75, 3.05) is 0 Å². The maximum Gasteiger partial charge on any atom is 0.132 e. The molecule has 4 N–H and O–H groups in total. The van der Waals surface area contributed by atoms with Crippen molar-refractivity contribution in [3.8, 4) is 23.0 Å². The van der Waals surface area contributed by atoms with E-state index in [4.69, 9.17) is 0 Å². The number of aromatic hydroxyl groups is 4. The van der Waals surface area contributed by atoms with E-state index < -0.39 is 0 Å². The fourth-order valence-corrected chi connectivity index (χ4v) is 6.66. The van der Waals surface area contributed by atoms with Crippen molar-refractivity contribution in [3.05, 3.63) is 93.0 Å². The Labute approximate surface area is 234 Å². The molecule has 4 aromatic carbocycles. The molecule has 0 amide bonds. The number of phenols is 4. The normalized spacial score (nSPS) is 10.7. The van der Waals surface area contributed by atoms with Gasteiger partial charge in [-0.1, -0.05) is 35.7 Å². The van der Waals surface area contributed by atoms with E-state index >= 15 is 0 Å². The Morgan fingerprint density at radius 3 is 0.974 bits per heavy atom. The summed E-state index contributed by atoms with van der Waals surface area (Å²) in [6.45, 7) is 15.4. The molecule has 0 aliphatic heterocycles. The molecule has 0 fully saturated rings. The van der Waals surface area contributed by atoms with Crippen molar-refractivity contribution >= 4 is 23.5 Å². The van der Waals surface area contributed by atoms with Crippen molar-refractivity contribution in [2.24, 2.45) is 0 Å². The molecule has 0 aliphatic carbocycles. The smallest absolute Gasteiger partial charge is 0.132 e. The quantitative estimate of drug-likeness (QED) is 0.204. The Kier molecular flexibility index (Phi) is 9.34. The van der Waals surface area contributed by atoms with Crippen LogP contribution in [0.15, 0.2) is 68.1 Å². The van der Waals surface area contributed by atoms with Crippen LogP contribution < -0.4 is 0 Å². The first kappa shape index (κ1) is 29.3. The van der Waals surface area contributed by atoms with Crippen LogP contribution in [0.1, 0.15) is 44.5 Å². The minimum Gasteiger partial charge on any atom is -0.507 e. The van der Waals surface area contributed by atoms with Gasteiger partial charge in [0.15, 0.2) is 0 Å². The lowest BCUT2D eigenvalue weighted by Gasteiger charge is -2.11. The molecule has 200 valence electrons. The van der Waals surface area contributed by atoms with Crippen molar-refractivity contribution < 1.29 is 20.4 Å². The molecular weight excluding hydrogens is 512 g/mol. The van der Waals surface area contributed by atoms with Gasteiger partial charge in [0.25, 0.3) is 0 Å². The second-order valence-corrected chi connectivity index (χ2v) is 12.1. The van der Waals surface area contributed by atoms with Gasteiger partial charge in [-0.25, -0.2) is 0 Å². The summed E-state index contributed by atoms with van der Waals surface area (Å²) < 4.78 is 0. The maximum absolute atomic E-state index is 10.1. The van der Waals surface area contributed by atoms with Gasteiger partial charge in [-0.3, -0.25) is 0 Å². The number of aryl methyl sites for hydroxylation is 8. The van der Waals surface area contributed by atoms with Gasteiger partial charge in [-0.15, -0.1) is 0 Å². The Bertz CT molecular complexity index is 1330. The second kappa shape index (κ2) is 12.1. The number of rotatable bonds is 4. The van der Waals surface area contributed by atoms with Gasteiger partial charge < -0.3 is 20.4 Å². The molecule has 4 nitrogen and oxygen atoms in total. The van der Waals surface area contributed by atoms with Crippen LogP contribution in [-0.2, 0) is 0 Å². The number of hydrogen-bond acceptors (Lipinski definition) is 6. The first-order valence-electron chi connectivity index (χ1n) is 12.3. The van der Waals surface area contributed by atoms with Gasteiger partial charge in [0.05, 0.1) is 9.79 Å². The molecule has 38 heavy (non-hydrogen) atoms. The Morgan fingerprint density at radius 2 is 0.658 bits per heavy atom. The molecule has 0 radical (unpaired) electrons.